The minimum absolute atomic E-state index is 0.258. The average Bonchev–Trinajstić information content (AvgIpc) is 2.48. The second-order valence-electron chi connectivity index (χ2n) is 5.35. The number of rotatable bonds is 5. The maximum Gasteiger partial charge on any atom is 0.146 e. The summed E-state index contributed by atoms with van der Waals surface area (Å²) in [6.07, 6.45) is -0.635. The number of anilines is 1. The van der Waals surface area contributed by atoms with Crippen LogP contribution in [0.15, 0.2) is 42.5 Å². The molecule has 0 fully saturated rings. The van der Waals surface area contributed by atoms with Crippen molar-refractivity contribution >= 4 is 5.69 Å². The molecule has 1 atom stereocenters. The zero-order valence-corrected chi connectivity index (χ0v) is 12.8. The summed E-state index contributed by atoms with van der Waals surface area (Å²) in [5, 5.41) is 10.4. The summed E-state index contributed by atoms with van der Waals surface area (Å²) >= 11 is 0. The number of halogens is 1. The number of likely N-dealkylation sites (N-methyl/N-ethyl adjacent to an activating group) is 1. The first kappa shape index (κ1) is 15.5. The van der Waals surface area contributed by atoms with E-state index in [1.165, 1.54) is 11.6 Å². The number of aliphatic hydroxyl groups is 1. The molecule has 1 N–H and O–H groups in total. The molecule has 0 aliphatic rings. The lowest BCUT2D eigenvalue weighted by Crippen LogP contribution is -2.29. The lowest BCUT2D eigenvalue weighted by molar-refractivity contribution is 0.183. The van der Waals surface area contributed by atoms with Gasteiger partial charge in [-0.2, -0.15) is 0 Å². The smallest absolute Gasteiger partial charge is 0.146 e. The molecule has 0 aliphatic carbocycles. The van der Waals surface area contributed by atoms with Crippen molar-refractivity contribution in [3.05, 3.63) is 65.0 Å². The van der Waals surface area contributed by atoms with E-state index in [0.29, 0.717) is 18.8 Å². The molecule has 112 valence electrons. The third kappa shape index (κ3) is 3.61. The van der Waals surface area contributed by atoms with E-state index in [0.717, 1.165) is 11.1 Å². The van der Waals surface area contributed by atoms with Crippen LogP contribution in [0.4, 0.5) is 10.1 Å². The van der Waals surface area contributed by atoms with Gasteiger partial charge in [-0.05, 0) is 49.6 Å². The van der Waals surface area contributed by atoms with Crippen molar-refractivity contribution in [2.75, 3.05) is 18.0 Å². The Morgan fingerprint density at radius 3 is 2.43 bits per heavy atom. The van der Waals surface area contributed by atoms with Crippen LogP contribution in [0, 0.1) is 19.7 Å². The second kappa shape index (κ2) is 6.72. The summed E-state index contributed by atoms with van der Waals surface area (Å²) in [7, 11) is 0. The number of aliphatic hydroxyl groups excluding tert-OH is 1. The first-order chi connectivity index (χ1) is 10.0. The maximum atomic E-state index is 13.9. The molecule has 0 amide bonds. The molecule has 0 saturated carbocycles. The molecular formula is C18H22FNO. The van der Waals surface area contributed by atoms with Crippen molar-refractivity contribution in [2.45, 2.75) is 26.9 Å². The Balaban J connectivity index is 2.18. The van der Waals surface area contributed by atoms with Gasteiger partial charge in [-0.1, -0.05) is 30.3 Å². The lowest BCUT2D eigenvalue weighted by atomic mass is 10.0. The van der Waals surface area contributed by atoms with Gasteiger partial charge in [-0.3, -0.25) is 0 Å². The van der Waals surface area contributed by atoms with E-state index >= 15 is 0 Å². The molecule has 1 unspecified atom stereocenters. The van der Waals surface area contributed by atoms with Crippen LogP contribution in [0.2, 0.25) is 0 Å². The fourth-order valence-corrected chi connectivity index (χ4v) is 2.39. The van der Waals surface area contributed by atoms with Gasteiger partial charge in [0.2, 0.25) is 0 Å². The Labute approximate surface area is 125 Å². The van der Waals surface area contributed by atoms with Gasteiger partial charge in [-0.25, -0.2) is 4.39 Å². The fourth-order valence-electron chi connectivity index (χ4n) is 2.39. The van der Waals surface area contributed by atoms with Crippen molar-refractivity contribution in [3.8, 4) is 0 Å². The van der Waals surface area contributed by atoms with Crippen molar-refractivity contribution in [1.82, 2.24) is 0 Å². The predicted molar refractivity (Wildman–Crippen MR) is 85.2 cm³/mol. The number of nitrogens with zero attached hydrogens (tertiary/aromatic N) is 1. The summed E-state index contributed by atoms with van der Waals surface area (Å²) < 4.78 is 13.9. The first-order valence-corrected chi connectivity index (χ1v) is 7.27. The third-order valence-electron chi connectivity index (χ3n) is 3.88. The van der Waals surface area contributed by atoms with Crippen LogP contribution in [0.3, 0.4) is 0 Å². The molecular weight excluding hydrogens is 265 g/mol. The molecule has 0 heterocycles. The van der Waals surface area contributed by atoms with Gasteiger partial charge in [0.15, 0.2) is 0 Å². The van der Waals surface area contributed by atoms with Gasteiger partial charge >= 0.3 is 0 Å². The summed E-state index contributed by atoms with van der Waals surface area (Å²) in [4.78, 5) is 1.86. The van der Waals surface area contributed by atoms with E-state index in [9.17, 15) is 9.50 Å². The number of aryl methyl sites for hydroxylation is 2. The quantitative estimate of drug-likeness (QED) is 0.898. The molecule has 0 aliphatic heterocycles. The van der Waals surface area contributed by atoms with E-state index in [2.05, 4.69) is 0 Å². The monoisotopic (exact) mass is 287 g/mol. The minimum Gasteiger partial charge on any atom is -0.387 e. The summed E-state index contributed by atoms with van der Waals surface area (Å²) in [6.45, 7) is 7.05. The molecule has 21 heavy (non-hydrogen) atoms. The largest absolute Gasteiger partial charge is 0.387 e. The molecule has 2 aromatic carbocycles. The van der Waals surface area contributed by atoms with E-state index < -0.39 is 6.10 Å². The van der Waals surface area contributed by atoms with Crippen molar-refractivity contribution in [2.24, 2.45) is 0 Å². The van der Waals surface area contributed by atoms with Crippen LogP contribution in [0.25, 0.3) is 0 Å². The zero-order valence-electron chi connectivity index (χ0n) is 12.8. The molecule has 2 rings (SSSR count). The van der Waals surface area contributed by atoms with Crippen molar-refractivity contribution < 1.29 is 9.50 Å². The normalized spacial score (nSPS) is 12.2. The van der Waals surface area contributed by atoms with Gasteiger partial charge in [-0.15, -0.1) is 0 Å². The van der Waals surface area contributed by atoms with Crippen LogP contribution in [-0.4, -0.2) is 18.2 Å². The third-order valence-corrected chi connectivity index (χ3v) is 3.88. The van der Waals surface area contributed by atoms with E-state index in [4.69, 9.17) is 0 Å². The number of hydrogen-bond donors (Lipinski definition) is 1. The van der Waals surface area contributed by atoms with Crippen LogP contribution < -0.4 is 4.90 Å². The predicted octanol–water partition coefficient (Wildman–Crippen LogP) is 4.00. The van der Waals surface area contributed by atoms with Gasteiger partial charge in [0.25, 0.3) is 0 Å². The number of para-hydroxylation sites is 1. The van der Waals surface area contributed by atoms with Crippen molar-refractivity contribution in [1.29, 1.82) is 0 Å². The molecule has 2 aromatic rings. The molecule has 0 aromatic heterocycles. The fraction of sp³-hybridized carbons (Fsp3) is 0.333. The van der Waals surface area contributed by atoms with Crippen LogP contribution in [0.1, 0.15) is 29.7 Å². The second-order valence-corrected chi connectivity index (χ2v) is 5.35. The highest BCUT2D eigenvalue weighted by atomic mass is 19.1. The number of hydrogen-bond acceptors (Lipinski definition) is 2. The highest BCUT2D eigenvalue weighted by Crippen LogP contribution is 2.23. The standard InChI is InChI=1S/C18H22FNO/c1-4-20(17-8-6-5-7-16(17)19)12-18(21)15-10-9-13(2)14(3)11-15/h5-11,18,21H,4,12H2,1-3H3. The highest BCUT2D eigenvalue weighted by molar-refractivity contribution is 5.48. The molecule has 0 radical (unpaired) electrons. The molecule has 0 spiro atoms. The SMILES string of the molecule is CCN(CC(O)c1ccc(C)c(C)c1)c1ccccc1F. The topological polar surface area (TPSA) is 23.5 Å². The Hall–Kier alpha value is -1.87. The van der Waals surface area contributed by atoms with Gasteiger partial charge < -0.3 is 10.0 Å². The molecule has 3 heteroatoms. The van der Waals surface area contributed by atoms with E-state index in [1.54, 1.807) is 12.1 Å². The van der Waals surface area contributed by atoms with Gasteiger partial charge in [0.05, 0.1) is 11.8 Å². The maximum absolute atomic E-state index is 13.9. The zero-order chi connectivity index (χ0) is 15.4. The number of benzene rings is 2. The Kier molecular flexibility index (Phi) is 4.97. The van der Waals surface area contributed by atoms with Crippen molar-refractivity contribution in [3.63, 3.8) is 0 Å². The summed E-state index contributed by atoms with van der Waals surface area (Å²) in [5.41, 5.74) is 3.75. The average molecular weight is 287 g/mol. The molecule has 0 saturated heterocycles. The Bertz CT molecular complexity index is 612. The van der Waals surface area contributed by atoms with Gasteiger partial charge in [0, 0.05) is 13.1 Å². The van der Waals surface area contributed by atoms with Gasteiger partial charge in [0.1, 0.15) is 5.82 Å². The Morgan fingerprint density at radius 1 is 1.10 bits per heavy atom. The van der Waals surface area contributed by atoms with E-state index in [-0.39, 0.29) is 5.82 Å². The summed E-state index contributed by atoms with van der Waals surface area (Å²) in [6, 6.07) is 12.6. The summed E-state index contributed by atoms with van der Waals surface area (Å²) in [5.74, 6) is -0.258. The molecule has 2 nitrogen and oxygen atoms in total. The van der Waals surface area contributed by atoms with Crippen LogP contribution in [-0.2, 0) is 0 Å². The lowest BCUT2D eigenvalue weighted by Gasteiger charge is -2.26. The van der Waals surface area contributed by atoms with E-state index in [1.807, 2.05) is 49.9 Å². The minimum atomic E-state index is -0.635. The first-order valence-electron chi connectivity index (χ1n) is 7.27. The van der Waals surface area contributed by atoms with Crippen LogP contribution >= 0.6 is 0 Å². The van der Waals surface area contributed by atoms with Crippen LogP contribution in [0.5, 0.6) is 0 Å². The molecule has 0 bridgehead atoms. The highest BCUT2D eigenvalue weighted by Gasteiger charge is 2.15. The Morgan fingerprint density at radius 2 is 1.81 bits per heavy atom.